The summed E-state index contributed by atoms with van der Waals surface area (Å²) in [6.45, 7) is 1.04. The summed E-state index contributed by atoms with van der Waals surface area (Å²) in [4.78, 5) is 48.4. The van der Waals surface area contributed by atoms with Crippen molar-refractivity contribution in [2.75, 3.05) is 26.2 Å². The average Bonchev–Trinajstić information content (AvgIpc) is 3.55. The van der Waals surface area contributed by atoms with Crippen LogP contribution in [0.25, 0.3) is 10.9 Å². The first-order chi connectivity index (χ1) is 16.0. The Balaban J connectivity index is 1.33. The number of benzene rings is 2. The van der Waals surface area contributed by atoms with E-state index in [9.17, 15) is 18.8 Å². The van der Waals surface area contributed by atoms with Crippen LogP contribution in [0.2, 0.25) is 0 Å². The third-order valence-corrected chi connectivity index (χ3v) is 5.72. The number of ketones is 1. The van der Waals surface area contributed by atoms with Crippen molar-refractivity contribution in [1.82, 2.24) is 20.2 Å². The van der Waals surface area contributed by atoms with Gasteiger partial charge in [0.2, 0.25) is 0 Å². The van der Waals surface area contributed by atoms with Gasteiger partial charge in [-0.15, -0.1) is 10.5 Å². The van der Waals surface area contributed by atoms with Gasteiger partial charge >= 0.3 is 0 Å². The largest absolute Gasteiger partial charge is 0.360 e. The Morgan fingerprint density at radius 3 is 2.36 bits per heavy atom. The highest BCUT2D eigenvalue weighted by atomic mass is 19.1. The van der Waals surface area contributed by atoms with Gasteiger partial charge in [0.15, 0.2) is 5.84 Å². The minimum atomic E-state index is -0.818. The molecule has 3 heterocycles. The van der Waals surface area contributed by atoms with Crippen molar-refractivity contribution in [2.24, 2.45) is 10.1 Å². The number of carbonyl (C=O) groups is 3. The van der Waals surface area contributed by atoms with E-state index in [0.29, 0.717) is 29.7 Å². The standard InChI is InChI=1S/C23H18FN6O3/c24-17-7-6-15(21-26-13-27-28-21)19-18(17)16(12-25-19)20(31)23(33)30-10-8-29(9-11-30)22(32)14-4-2-1-3-5-14/h1-7,12-13,25H,8-11H2. The Bertz CT molecular complexity index is 1320. The van der Waals surface area contributed by atoms with E-state index in [1.54, 1.807) is 29.2 Å². The topological polar surface area (TPSA) is 112 Å². The first-order valence-corrected chi connectivity index (χ1v) is 10.3. The molecule has 0 aliphatic carbocycles. The molecule has 2 amide bonds. The van der Waals surface area contributed by atoms with Crippen LogP contribution in [0.4, 0.5) is 4.39 Å². The van der Waals surface area contributed by atoms with Crippen LogP contribution in [-0.4, -0.2) is 70.7 Å². The Morgan fingerprint density at radius 2 is 1.67 bits per heavy atom. The number of aromatic amines is 1. The van der Waals surface area contributed by atoms with Crippen molar-refractivity contribution in [2.45, 2.75) is 0 Å². The highest BCUT2D eigenvalue weighted by molar-refractivity contribution is 6.45. The highest BCUT2D eigenvalue weighted by Crippen LogP contribution is 2.27. The second-order valence-electron chi connectivity index (χ2n) is 7.61. The minimum absolute atomic E-state index is 0.00791. The highest BCUT2D eigenvalue weighted by Gasteiger charge is 2.31. The molecule has 2 aliphatic heterocycles. The summed E-state index contributed by atoms with van der Waals surface area (Å²) < 4.78 is 14.7. The molecule has 1 saturated heterocycles. The SMILES string of the molecule is O=C(C(=O)N1CCN(C(=O)c2ccccc2)CC1)c1c[nH]c2c(C3=N[N]C=N3)ccc(F)c12. The average molecular weight is 445 g/mol. The quantitative estimate of drug-likeness (QED) is 0.488. The predicted molar refractivity (Wildman–Crippen MR) is 119 cm³/mol. The molecule has 10 heteroatoms. The molecule has 1 radical (unpaired) electrons. The van der Waals surface area contributed by atoms with Crippen LogP contribution in [0.1, 0.15) is 26.3 Å². The van der Waals surface area contributed by atoms with Gasteiger partial charge < -0.3 is 14.8 Å². The molecule has 5 rings (SSSR count). The maximum Gasteiger partial charge on any atom is 0.295 e. The van der Waals surface area contributed by atoms with Crippen molar-refractivity contribution >= 4 is 40.7 Å². The van der Waals surface area contributed by atoms with E-state index >= 15 is 0 Å². The molecular formula is C23H18FN6O3. The summed E-state index contributed by atoms with van der Waals surface area (Å²) in [6.07, 6.45) is 2.59. The summed E-state index contributed by atoms with van der Waals surface area (Å²) in [6, 6.07) is 11.6. The van der Waals surface area contributed by atoms with Gasteiger partial charge in [-0.2, -0.15) is 0 Å². The Labute approximate surface area is 187 Å². The van der Waals surface area contributed by atoms with E-state index in [4.69, 9.17) is 0 Å². The summed E-state index contributed by atoms with van der Waals surface area (Å²) in [7, 11) is 0. The number of nitrogens with zero attached hydrogens (tertiary/aromatic N) is 5. The molecule has 0 unspecified atom stereocenters. The second-order valence-corrected chi connectivity index (χ2v) is 7.61. The van der Waals surface area contributed by atoms with Gasteiger partial charge in [0, 0.05) is 48.9 Å². The van der Waals surface area contributed by atoms with Gasteiger partial charge in [-0.3, -0.25) is 14.4 Å². The Hall–Kier alpha value is -4.34. The molecule has 1 aromatic heterocycles. The molecule has 0 atom stereocenters. The first-order valence-electron chi connectivity index (χ1n) is 10.3. The number of halogens is 1. The number of H-pyrrole nitrogens is 1. The molecule has 1 N–H and O–H groups in total. The number of piperazine rings is 1. The van der Waals surface area contributed by atoms with E-state index in [-0.39, 0.29) is 35.8 Å². The van der Waals surface area contributed by atoms with E-state index in [0.717, 1.165) is 0 Å². The van der Waals surface area contributed by atoms with Crippen LogP contribution in [0.3, 0.4) is 0 Å². The molecular weight excluding hydrogens is 427 g/mol. The van der Waals surface area contributed by atoms with Crippen molar-refractivity contribution in [3.63, 3.8) is 0 Å². The van der Waals surface area contributed by atoms with Crippen LogP contribution in [0, 0.1) is 5.82 Å². The van der Waals surface area contributed by atoms with Crippen LogP contribution in [-0.2, 0) is 4.79 Å². The molecule has 0 bridgehead atoms. The minimum Gasteiger partial charge on any atom is -0.360 e. The monoisotopic (exact) mass is 445 g/mol. The third kappa shape index (κ3) is 3.65. The van der Waals surface area contributed by atoms with Crippen LogP contribution in [0.5, 0.6) is 0 Å². The Morgan fingerprint density at radius 1 is 0.939 bits per heavy atom. The number of fused-ring (bicyclic) bond motifs is 1. The number of Topliss-reactive ketones (excluding diaryl/α,β-unsaturated/α-hetero) is 1. The van der Waals surface area contributed by atoms with Gasteiger partial charge in [-0.25, -0.2) is 9.38 Å². The molecule has 33 heavy (non-hydrogen) atoms. The van der Waals surface area contributed by atoms with Crippen molar-refractivity contribution in [3.8, 4) is 0 Å². The van der Waals surface area contributed by atoms with Crippen LogP contribution < -0.4 is 5.43 Å². The van der Waals surface area contributed by atoms with E-state index in [2.05, 4.69) is 20.5 Å². The zero-order valence-electron chi connectivity index (χ0n) is 17.4. The lowest BCUT2D eigenvalue weighted by molar-refractivity contribution is -0.127. The van der Waals surface area contributed by atoms with Crippen LogP contribution >= 0.6 is 0 Å². The molecule has 9 nitrogen and oxygen atoms in total. The lowest BCUT2D eigenvalue weighted by Crippen LogP contribution is -2.52. The fourth-order valence-corrected chi connectivity index (χ4v) is 4.02. The number of aliphatic imine (C=N–C) groups is 1. The number of hydrogen-bond donors (Lipinski definition) is 1. The lowest BCUT2D eigenvalue weighted by Gasteiger charge is -2.34. The van der Waals surface area contributed by atoms with E-state index < -0.39 is 17.5 Å². The third-order valence-electron chi connectivity index (χ3n) is 5.72. The summed E-state index contributed by atoms with van der Waals surface area (Å²) in [5.41, 5.74) is 4.98. The fourth-order valence-electron chi connectivity index (χ4n) is 4.02. The number of amides is 2. The molecule has 1 fully saturated rings. The molecule has 3 aromatic rings. The van der Waals surface area contributed by atoms with Gasteiger partial charge in [-0.05, 0) is 24.3 Å². The zero-order valence-corrected chi connectivity index (χ0v) is 17.4. The molecule has 0 saturated carbocycles. The number of rotatable bonds is 4. The predicted octanol–water partition coefficient (Wildman–Crippen LogP) is 1.78. The number of hydrogen-bond acceptors (Lipinski definition) is 5. The maximum atomic E-state index is 14.7. The maximum absolute atomic E-state index is 14.7. The van der Waals surface area contributed by atoms with Crippen molar-refractivity contribution < 1.29 is 18.8 Å². The number of carbonyl (C=O) groups excluding carboxylic acids is 3. The van der Waals surface area contributed by atoms with Crippen molar-refractivity contribution in [1.29, 1.82) is 0 Å². The summed E-state index contributed by atoms with van der Waals surface area (Å²) >= 11 is 0. The zero-order chi connectivity index (χ0) is 22.9. The van der Waals surface area contributed by atoms with Gasteiger partial charge in [-0.1, -0.05) is 18.2 Å². The normalized spacial score (nSPS) is 15.5. The lowest BCUT2D eigenvalue weighted by atomic mass is 10.0. The fraction of sp³-hybridized carbons (Fsp3) is 0.174. The van der Waals surface area contributed by atoms with E-state index in [1.807, 2.05) is 6.07 Å². The number of amidine groups is 1. The van der Waals surface area contributed by atoms with E-state index in [1.165, 1.54) is 29.6 Å². The van der Waals surface area contributed by atoms with Crippen molar-refractivity contribution in [3.05, 3.63) is 71.2 Å². The molecule has 0 spiro atoms. The summed E-state index contributed by atoms with van der Waals surface area (Å²) in [5.74, 6) is -2.03. The first kappa shape index (κ1) is 20.6. The van der Waals surface area contributed by atoms with Crippen LogP contribution in [0.15, 0.2) is 58.8 Å². The smallest absolute Gasteiger partial charge is 0.295 e. The molecule has 2 aliphatic rings. The van der Waals surface area contributed by atoms with Gasteiger partial charge in [0.1, 0.15) is 12.2 Å². The second kappa shape index (κ2) is 8.30. The van der Waals surface area contributed by atoms with Gasteiger partial charge in [0.05, 0.1) is 11.1 Å². The molecule has 165 valence electrons. The summed E-state index contributed by atoms with van der Waals surface area (Å²) in [5, 5.41) is 3.88. The Kier molecular flexibility index (Phi) is 5.17. The number of aromatic nitrogens is 1. The molecule has 2 aromatic carbocycles. The van der Waals surface area contributed by atoms with Gasteiger partial charge in [0.25, 0.3) is 17.6 Å². The number of nitrogens with one attached hydrogen (secondary N) is 1.